The Morgan fingerprint density at radius 3 is 2.78 bits per heavy atom. The van der Waals surface area contributed by atoms with E-state index in [2.05, 4.69) is 59.4 Å². The Morgan fingerprint density at radius 1 is 1.22 bits per heavy atom. The molecule has 0 saturated carbocycles. The second-order valence-electron chi connectivity index (χ2n) is 6.52. The Morgan fingerprint density at radius 2 is 2.00 bits per heavy atom. The first-order chi connectivity index (χ1) is 13.2. The summed E-state index contributed by atoms with van der Waals surface area (Å²) < 4.78 is 15.5. The zero-order valence-electron chi connectivity index (χ0n) is 15.0. The van der Waals surface area contributed by atoms with Gasteiger partial charge in [-0.05, 0) is 41.9 Å². The van der Waals surface area contributed by atoms with E-state index >= 15 is 0 Å². The number of thiazole rings is 1. The number of aryl methyl sites for hydroxylation is 1. The maximum absolute atomic E-state index is 13.3. The highest BCUT2D eigenvalue weighted by Crippen LogP contribution is 2.35. The van der Waals surface area contributed by atoms with Gasteiger partial charge in [0.25, 0.3) is 0 Å². The summed E-state index contributed by atoms with van der Waals surface area (Å²) in [6, 6.07) is 15.1. The fraction of sp³-hybridized carbons (Fsp3) is 0.136. The summed E-state index contributed by atoms with van der Waals surface area (Å²) in [5.74, 6) is -0.134. The molecular formula is C22H20FN3S. The first kappa shape index (κ1) is 17.5. The number of para-hydroxylation sites is 1. The van der Waals surface area contributed by atoms with Crippen LogP contribution in [0.2, 0.25) is 0 Å². The monoisotopic (exact) mass is 377 g/mol. The Labute approximate surface area is 161 Å². The summed E-state index contributed by atoms with van der Waals surface area (Å²) in [6.45, 7) is 3.71. The maximum Gasteiger partial charge on any atom is 0.186 e. The fourth-order valence-corrected chi connectivity index (χ4v) is 4.24. The number of benzene rings is 2. The quantitative estimate of drug-likeness (QED) is 0.467. The van der Waals surface area contributed by atoms with Gasteiger partial charge in [0, 0.05) is 35.4 Å². The van der Waals surface area contributed by atoms with Crippen molar-refractivity contribution in [2.24, 2.45) is 7.05 Å². The van der Waals surface area contributed by atoms with Gasteiger partial charge in [-0.15, -0.1) is 11.3 Å². The minimum atomic E-state index is -0.216. The van der Waals surface area contributed by atoms with Crippen molar-refractivity contribution < 1.29 is 4.39 Å². The van der Waals surface area contributed by atoms with Crippen molar-refractivity contribution in [3.8, 4) is 0 Å². The van der Waals surface area contributed by atoms with Gasteiger partial charge < -0.3 is 9.88 Å². The van der Waals surface area contributed by atoms with Crippen molar-refractivity contribution in [1.29, 1.82) is 0 Å². The van der Waals surface area contributed by atoms with Crippen LogP contribution >= 0.6 is 11.3 Å². The van der Waals surface area contributed by atoms with Crippen LogP contribution in [0.5, 0.6) is 0 Å². The second kappa shape index (κ2) is 7.37. The van der Waals surface area contributed by atoms with Gasteiger partial charge in [-0.3, -0.25) is 0 Å². The number of hydrogen-bond donors (Lipinski definition) is 1. The SMILES string of the molecule is C=CNc1nc(C(Cc2ccc(F)cc2)c2cn(C)c3ccccc23)cs1. The van der Waals surface area contributed by atoms with Gasteiger partial charge in [0.05, 0.1) is 5.69 Å². The van der Waals surface area contributed by atoms with E-state index in [1.54, 1.807) is 17.5 Å². The topological polar surface area (TPSA) is 29.9 Å². The smallest absolute Gasteiger partial charge is 0.186 e. The summed E-state index contributed by atoms with van der Waals surface area (Å²) in [4.78, 5) is 4.76. The van der Waals surface area contributed by atoms with Crippen LogP contribution in [0, 0.1) is 5.82 Å². The van der Waals surface area contributed by atoms with E-state index in [1.165, 1.54) is 28.6 Å². The fourth-order valence-electron chi connectivity index (χ4n) is 3.48. The lowest BCUT2D eigenvalue weighted by Crippen LogP contribution is -2.06. The Balaban J connectivity index is 1.81. The molecule has 4 aromatic rings. The van der Waals surface area contributed by atoms with Crippen LogP contribution in [0.25, 0.3) is 10.9 Å². The van der Waals surface area contributed by atoms with Crippen molar-refractivity contribution in [3.63, 3.8) is 0 Å². The Hall–Kier alpha value is -2.92. The number of anilines is 1. The molecule has 2 aromatic carbocycles. The molecule has 1 atom stereocenters. The molecule has 0 fully saturated rings. The molecule has 27 heavy (non-hydrogen) atoms. The van der Waals surface area contributed by atoms with E-state index in [0.29, 0.717) is 0 Å². The van der Waals surface area contributed by atoms with Crippen LogP contribution in [0.15, 0.2) is 72.9 Å². The molecule has 1 N–H and O–H groups in total. The third-order valence-electron chi connectivity index (χ3n) is 4.76. The van der Waals surface area contributed by atoms with E-state index in [0.717, 1.165) is 22.8 Å². The largest absolute Gasteiger partial charge is 0.350 e. The van der Waals surface area contributed by atoms with Crippen LogP contribution in [0.1, 0.15) is 22.7 Å². The summed E-state index contributed by atoms with van der Waals surface area (Å²) >= 11 is 1.56. The van der Waals surface area contributed by atoms with Crippen molar-refractivity contribution in [3.05, 3.63) is 95.5 Å². The summed E-state index contributed by atoms with van der Waals surface area (Å²) in [7, 11) is 2.06. The van der Waals surface area contributed by atoms with E-state index in [1.807, 2.05) is 12.1 Å². The van der Waals surface area contributed by atoms with Gasteiger partial charge in [-0.1, -0.05) is 36.9 Å². The molecule has 1 unspecified atom stereocenters. The van der Waals surface area contributed by atoms with Crippen LogP contribution in [0.3, 0.4) is 0 Å². The third kappa shape index (κ3) is 3.51. The first-order valence-electron chi connectivity index (χ1n) is 8.77. The molecular weight excluding hydrogens is 357 g/mol. The average Bonchev–Trinajstić information content (AvgIpc) is 3.27. The molecule has 0 spiro atoms. The van der Waals surface area contributed by atoms with Gasteiger partial charge in [0.2, 0.25) is 0 Å². The molecule has 0 aliphatic heterocycles. The van der Waals surface area contributed by atoms with Crippen molar-refractivity contribution in [1.82, 2.24) is 9.55 Å². The van der Waals surface area contributed by atoms with E-state index in [-0.39, 0.29) is 11.7 Å². The van der Waals surface area contributed by atoms with Gasteiger partial charge in [0.15, 0.2) is 5.13 Å². The molecule has 2 aromatic heterocycles. The normalized spacial score (nSPS) is 12.2. The minimum Gasteiger partial charge on any atom is -0.350 e. The molecule has 0 aliphatic carbocycles. The van der Waals surface area contributed by atoms with Gasteiger partial charge >= 0.3 is 0 Å². The summed E-state index contributed by atoms with van der Waals surface area (Å²) in [5, 5.41) is 7.19. The lowest BCUT2D eigenvalue weighted by atomic mass is 9.89. The highest BCUT2D eigenvalue weighted by Gasteiger charge is 2.22. The number of rotatable bonds is 6. The maximum atomic E-state index is 13.3. The molecule has 3 nitrogen and oxygen atoms in total. The number of hydrogen-bond acceptors (Lipinski definition) is 3. The molecule has 0 amide bonds. The number of nitrogens with one attached hydrogen (secondary N) is 1. The van der Waals surface area contributed by atoms with Crippen LogP contribution < -0.4 is 5.32 Å². The van der Waals surface area contributed by atoms with Crippen molar-refractivity contribution in [2.75, 3.05) is 5.32 Å². The summed E-state index contributed by atoms with van der Waals surface area (Å²) in [5.41, 5.74) is 4.51. The van der Waals surface area contributed by atoms with Gasteiger partial charge in [0.1, 0.15) is 5.82 Å². The predicted molar refractivity (Wildman–Crippen MR) is 111 cm³/mol. The standard InChI is InChI=1S/C22H20FN3S/c1-3-24-22-25-20(14-27-22)18(12-15-8-10-16(23)11-9-15)19-13-26(2)21-7-5-4-6-17(19)21/h3-11,13-14,18H,1,12H2,2H3,(H,24,25). The van der Waals surface area contributed by atoms with Gasteiger partial charge in [-0.25, -0.2) is 9.37 Å². The number of halogens is 1. The Bertz CT molecular complexity index is 1080. The second-order valence-corrected chi connectivity index (χ2v) is 7.38. The van der Waals surface area contributed by atoms with Crippen molar-refractivity contribution in [2.45, 2.75) is 12.3 Å². The lowest BCUT2D eigenvalue weighted by Gasteiger charge is -2.15. The highest BCUT2D eigenvalue weighted by atomic mass is 32.1. The highest BCUT2D eigenvalue weighted by molar-refractivity contribution is 7.13. The number of fused-ring (bicyclic) bond motifs is 1. The van der Waals surface area contributed by atoms with Crippen molar-refractivity contribution >= 4 is 27.4 Å². The Kier molecular flexibility index (Phi) is 4.77. The molecule has 0 radical (unpaired) electrons. The van der Waals surface area contributed by atoms with E-state index < -0.39 is 0 Å². The molecule has 2 heterocycles. The molecule has 4 rings (SSSR count). The molecule has 136 valence electrons. The zero-order valence-corrected chi connectivity index (χ0v) is 15.8. The number of nitrogens with zero attached hydrogens (tertiary/aromatic N) is 2. The first-order valence-corrected chi connectivity index (χ1v) is 9.65. The van der Waals surface area contributed by atoms with E-state index in [4.69, 9.17) is 4.98 Å². The van der Waals surface area contributed by atoms with Gasteiger partial charge in [-0.2, -0.15) is 0 Å². The molecule has 0 bridgehead atoms. The summed E-state index contributed by atoms with van der Waals surface area (Å²) in [6.07, 6.45) is 4.57. The predicted octanol–water partition coefficient (Wildman–Crippen LogP) is 5.70. The third-order valence-corrected chi connectivity index (χ3v) is 5.55. The lowest BCUT2D eigenvalue weighted by molar-refractivity contribution is 0.626. The molecule has 0 aliphatic rings. The number of aromatic nitrogens is 2. The minimum absolute atomic E-state index is 0.0816. The van der Waals surface area contributed by atoms with Crippen LogP contribution in [-0.4, -0.2) is 9.55 Å². The van der Waals surface area contributed by atoms with E-state index in [9.17, 15) is 4.39 Å². The van der Waals surface area contributed by atoms with Crippen LogP contribution in [-0.2, 0) is 13.5 Å². The van der Waals surface area contributed by atoms with Crippen LogP contribution in [0.4, 0.5) is 9.52 Å². The average molecular weight is 377 g/mol. The molecule has 0 saturated heterocycles. The molecule has 5 heteroatoms. The zero-order chi connectivity index (χ0) is 18.8.